The lowest BCUT2D eigenvalue weighted by molar-refractivity contribution is -0.0465. The van der Waals surface area contributed by atoms with E-state index >= 15 is 0 Å². The average Bonchev–Trinajstić information content (AvgIpc) is 2.66. The van der Waals surface area contributed by atoms with Crippen molar-refractivity contribution in [1.82, 2.24) is 4.90 Å². The van der Waals surface area contributed by atoms with Crippen LogP contribution in [0.5, 0.6) is 0 Å². The molecule has 3 heteroatoms. The number of hydrogen-bond acceptors (Lipinski definition) is 3. The normalized spacial score (nSPS) is 41.2. The van der Waals surface area contributed by atoms with Crippen LogP contribution in [-0.4, -0.2) is 47.0 Å². The molecule has 0 spiro atoms. The van der Waals surface area contributed by atoms with E-state index in [2.05, 4.69) is 25.7 Å². The number of aliphatic hydroxyl groups is 2. The summed E-state index contributed by atoms with van der Waals surface area (Å²) >= 11 is 0. The topological polar surface area (TPSA) is 43.7 Å². The Hall–Kier alpha value is -0.120. The van der Waals surface area contributed by atoms with E-state index in [1.165, 1.54) is 12.8 Å². The molecule has 0 radical (unpaired) electrons. The Morgan fingerprint density at radius 3 is 2.67 bits per heavy atom. The molecule has 1 saturated carbocycles. The van der Waals surface area contributed by atoms with E-state index in [0.29, 0.717) is 17.9 Å². The highest BCUT2D eigenvalue weighted by Gasteiger charge is 2.40. The van der Waals surface area contributed by atoms with Crippen LogP contribution >= 0.6 is 0 Å². The van der Waals surface area contributed by atoms with Gasteiger partial charge in [0, 0.05) is 12.6 Å². The van der Waals surface area contributed by atoms with Gasteiger partial charge >= 0.3 is 0 Å². The zero-order valence-corrected chi connectivity index (χ0v) is 12.1. The molecule has 0 bridgehead atoms. The summed E-state index contributed by atoms with van der Waals surface area (Å²) in [7, 11) is 0. The molecule has 1 aliphatic carbocycles. The van der Waals surface area contributed by atoms with E-state index in [-0.39, 0.29) is 18.1 Å². The summed E-state index contributed by atoms with van der Waals surface area (Å²) in [5.41, 5.74) is 0.0585. The van der Waals surface area contributed by atoms with Gasteiger partial charge in [-0.2, -0.15) is 0 Å². The number of nitrogens with zero attached hydrogens (tertiary/aromatic N) is 1. The van der Waals surface area contributed by atoms with Gasteiger partial charge in [-0.25, -0.2) is 0 Å². The molecule has 2 fully saturated rings. The second-order valence-corrected chi connectivity index (χ2v) is 7.10. The molecule has 0 aromatic rings. The minimum Gasteiger partial charge on any atom is -0.395 e. The molecule has 0 aromatic heterocycles. The number of hydrogen-bond donors (Lipinski definition) is 2. The molecule has 106 valence electrons. The van der Waals surface area contributed by atoms with Gasteiger partial charge in [-0.3, -0.25) is 4.90 Å². The van der Waals surface area contributed by atoms with Gasteiger partial charge in [0.05, 0.1) is 12.7 Å². The molecule has 2 N–H and O–H groups in total. The molecule has 3 nitrogen and oxygen atoms in total. The first-order chi connectivity index (χ1) is 8.45. The van der Waals surface area contributed by atoms with Gasteiger partial charge in [0.2, 0.25) is 0 Å². The van der Waals surface area contributed by atoms with E-state index in [1.807, 2.05) is 0 Å². The Kier molecular flexibility index (Phi) is 4.35. The molecule has 0 aromatic carbocycles. The zero-order chi connectivity index (χ0) is 13.3. The summed E-state index contributed by atoms with van der Waals surface area (Å²) in [6.45, 7) is 8.88. The van der Waals surface area contributed by atoms with Crippen LogP contribution in [0.25, 0.3) is 0 Å². The van der Waals surface area contributed by atoms with Crippen LogP contribution in [-0.2, 0) is 0 Å². The maximum absolute atomic E-state index is 10.5. The van der Waals surface area contributed by atoms with E-state index in [1.54, 1.807) is 0 Å². The van der Waals surface area contributed by atoms with Crippen molar-refractivity contribution in [2.75, 3.05) is 19.7 Å². The predicted octanol–water partition coefficient (Wildman–Crippen LogP) is 1.88. The Morgan fingerprint density at radius 2 is 2.00 bits per heavy atom. The molecular weight excluding hydrogens is 226 g/mol. The molecule has 1 heterocycles. The Morgan fingerprint density at radius 1 is 1.28 bits per heavy atom. The fourth-order valence-corrected chi connectivity index (χ4v) is 3.87. The van der Waals surface area contributed by atoms with Gasteiger partial charge in [-0.1, -0.05) is 27.2 Å². The van der Waals surface area contributed by atoms with Crippen molar-refractivity contribution in [2.45, 2.75) is 58.6 Å². The lowest BCUT2D eigenvalue weighted by Gasteiger charge is -2.43. The van der Waals surface area contributed by atoms with E-state index in [4.69, 9.17) is 0 Å². The van der Waals surface area contributed by atoms with Gasteiger partial charge < -0.3 is 10.2 Å². The van der Waals surface area contributed by atoms with Crippen LogP contribution in [0.1, 0.15) is 46.5 Å². The second-order valence-electron chi connectivity index (χ2n) is 7.10. The number of likely N-dealkylation sites (tertiary alicyclic amines) is 1. The molecule has 1 saturated heterocycles. The average molecular weight is 255 g/mol. The van der Waals surface area contributed by atoms with Crippen LogP contribution in [0.4, 0.5) is 0 Å². The van der Waals surface area contributed by atoms with E-state index in [9.17, 15) is 10.2 Å². The summed E-state index contributed by atoms with van der Waals surface area (Å²) in [4.78, 5) is 2.40. The molecule has 2 rings (SSSR count). The van der Waals surface area contributed by atoms with E-state index in [0.717, 1.165) is 25.9 Å². The lowest BCUT2D eigenvalue weighted by atomic mass is 9.69. The van der Waals surface area contributed by atoms with Crippen molar-refractivity contribution in [3.05, 3.63) is 0 Å². The van der Waals surface area contributed by atoms with Crippen molar-refractivity contribution in [1.29, 1.82) is 0 Å². The van der Waals surface area contributed by atoms with Crippen LogP contribution in [0.3, 0.4) is 0 Å². The smallest absolute Gasteiger partial charge is 0.0631 e. The van der Waals surface area contributed by atoms with Crippen molar-refractivity contribution in [3.63, 3.8) is 0 Å². The summed E-state index contributed by atoms with van der Waals surface area (Å²) in [6, 6.07) is 0.308. The third kappa shape index (κ3) is 2.73. The third-order valence-electron chi connectivity index (χ3n) is 5.30. The van der Waals surface area contributed by atoms with Crippen LogP contribution in [0.15, 0.2) is 0 Å². The first kappa shape index (κ1) is 14.3. The van der Waals surface area contributed by atoms with E-state index < -0.39 is 0 Å². The van der Waals surface area contributed by atoms with Gasteiger partial charge in [0.25, 0.3) is 0 Å². The maximum Gasteiger partial charge on any atom is 0.0631 e. The molecular formula is C15H29NO2. The van der Waals surface area contributed by atoms with Gasteiger partial charge in [-0.15, -0.1) is 0 Å². The highest BCUT2D eigenvalue weighted by atomic mass is 16.3. The van der Waals surface area contributed by atoms with Crippen molar-refractivity contribution >= 4 is 0 Å². The zero-order valence-electron chi connectivity index (χ0n) is 12.1. The summed E-state index contributed by atoms with van der Waals surface area (Å²) in [5.74, 6) is 0.969. The number of aliphatic hydroxyl groups excluding tert-OH is 2. The monoisotopic (exact) mass is 255 g/mol. The van der Waals surface area contributed by atoms with Crippen molar-refractivity contribution in [2.24, 2.45) is 17.3 Å². The minimum absolute atomic E-state index is 0.0585. The minimum atomic E-state index is -0.193. The third-order valence-corrected chi connectivity index (χ3v) is 5.30. The summed E-state index contributed by atoms with van der Waals surface area (Å²) in [5, 5.41) is 20.0. The Bertz CT molecular complexity index is 280. The van der Waals surface area contributed by atoms with Gasteiger partial charge in [0.1, 0.15) is 0 Å². The first-order valence-corrected chi connectivity index (χ1v) is 7.48. The van der Waals surface area contributed by atoms with Crippen LogP contribution in [0, 0.1) is 17.3 Å². The second kappa shape index (κ2) is 5.48. The summed E-state index contributed by atoms with van der Waals surface area (Å²) in [6.07, 6.45) is 4.47. The van der Waals surface area contributed by atoms with Crippen LogP contribution in [0.2, 0.25) is 0 Å². The number of rotatable bonds is 3. The van der Waals surface area contributed by atoms with Crippen molar-refractivity contribution < 1.29 is 10.2 Å². The fraction of sp³-hybridized carbons (Fsp3) is 1.00. The largest absolute Gasteiger partial charge is 0.395 e. The van der Waals surface area contributed by atoms with Gasteiger partial charge in [0.15, 0.2) is 0 Å². The standard InChI is InChI=1S/C15H29NO2/c1-11-6-8-16(13(11)10-17)9-12-5-4-7-15(2,3)14(12)18/h11-14,17-18H,4-10H2,1-3H3. The lowest BCUT2D eigenvalue weighted by Crippen LogP contribution is -2.47. The SMILES string of the molecule is CC1CCN(CC2CCCC(C)(C)C2O)C1CO. The molecule has 4 unspecified atom stereocenters. The highest BCUT2D eigenvalue weighted by Crippen LogP contribution is 2.40. The summed E-state index contributed by atoms with van der Waals surface area (Å²) < 4.78 is 0. The molecule has 1 aliphatic heterocycles. The van der Waals surface area contributed by atoms with Crippen LogP contribution < -0.4 is 0 Å². The fourth-order valence-electron chi connectivity index (χ4n) is 3.87. The quantitative estimate of drug-likeness (QED) is 0.809. The molecule has 2 aliphatic rings. The Balaban J connectivity index is 1.96. The maximum atomic E-state index is 10.5. The van der Waals surface area contributed by atoms with Gasteiger partial charge in [-0.05, 0) is 43.1 Å². The highest BCUT2D eigenvalue weighted by molar-refractivity contribution is 4.92. The predicted molar refractivity (Wildman–Crippen MR) is 73.4 cm³/mol. The first-order valence-electron chi connectivity index (χ1n) is 7.48. The molecule has 4 atom stereocenters. The van der Waals surface area contributed by atoms with Crippen molar-refractivity contribution in [3.8, 4) is 0 Å². The molecule has 18 heavy (non-hydrogen) atoms. The Labute approximate surface area is 111 Å². The molecule has 0 amide bonds.